The first kappa shape index (κ1) is 41.2. The lowest BCUT2D eigenvalue weighted by Crippen LogP contribution is -2.11. The third-order valence-electron chi connectivity index (χ3n) is 14.3. The third-order valence-corrected chi connectivity index (χ3v) is 14.3. The fourth-order valence-electron chi connectivity index (χ4n) is 11.1. The Kier molecular flexibility index (Phi) is 10.4. The van der Waals surface area contributed by atoms with Crippen LogP contribution in [0.25, 0.3) is 82.1 Å². The van der Waals surface area contributed by atoms with Crippen LogP contribution in [-0.2, 0) is 12.8 Å². The second-order valence-electron chi connectivity index (χ2n) is 18.4. The van der Waals surface area contributed by atoms with Gasteiger partial charge in [-0.1, -0.05) is 206 Å². The van der Waals surface area contributed by atoms with Crippen molar-refractivity contribution in [1.29, 1.82) is 0 Å². The molecule has 0 fully saturated rings. The zero-order chi connectivity index (χ0) is 46.4. The van der Waals surface area contributed by atoms with Gasteiger partial charge >= 0.3 is 0 Å². The minimum absolute atomic E-state index is 0.771. The summed E-state index contributed by atoms with van der Waals surface area (Å²) in [7, 11) is 0. The number of fused-ring (bicyclic) bond motifs is 9. The van der Waals surface area contributed by atoms with Crippen LogP contribution in [0, 0.1) is 0 Å². The lowest BCUT2D eigenvalue weighted by molar-refractivity contribution is 1.16. The van der Waals surface area contributed by atoms with Gasteiger partial charge in [-0.2, -0.15) is 0 Å². The van der Waals surface area contributed by atoms with Gasteiger partial charge in [-0.15, -0.1) is 0 Å². The van der Waals surface area contributed by atoms with Crippen molar-refractivity contribution in [2.75, 3.05) is 4.90 Å². The van der Waals surface area contributed by atoms with E-state index in [1.807, 2.05) is 0 Å². The highest BCUT2D eigenvalue weighted by atomic mass is 15.1. The number of benzene rings is 12. The van der Waals surface area contributed by atoms with Crippen LogP contribution in [0.5, 0.6) is 0 Å². The minimum atomic E-state index is 0.771. The van der Waals surface area contributed by atoms with E-state index in [1.165, 1.54) is 98.6 Å². The number of anilines is 3. The van der Waals surface area contributed by atoms with Crippen LogP contribution < -0.4 is 4.90 Å². The van der Waals surface area contributed by atoms with Crippen molar-refractivity contribution in [3.8, 4) is 27.9 Å². The lowest BCUT2D eigenvalue weighted by Gasteiger charge is -2.28. The van der Waals surface area contributed by atoms with Crippen LogP contribution >= 0.6 is 0 Å². The van der Waals surface area contributed by atoms with Crippen LogP contribution in [-0.4, -0.2) is 4.57 Å². The molecule has 1 heterocycles. The third kappa shape index (κ3) is 7.30. The van der Waals surface area contributed by atoms with Crippen molar-refractivity contribution in [3.05, 3.63) is 289 Å². The van der Waals surface area contributed by atoms with Crippen LogP contribution in [0.1, 0.15) is 22.3 Å². The van der Waals surface area contributed by atoms with Gasteiger partial charge in [-0.25, -0.2) is 0 Å². The molecule has 12 aromatic carbocycles. The van der Waals surface area contributed by atoms with Crippen LogP contribution in [0.2, 0.25) is 0 Å². The van der Waals surface area contributed by atoms with E-state index in [9.17, 15) is 0 Å². The van der Waals surface area contributed by atoms with Gasteiger partial charge in [0.05, 0.1) is 11.0 Å². The Balaban J connectivity index is 1.00. The summed E-state index contributed by atoms with van der Waals surface area (Å²) in [5, 5.41) is 10.1. The monoisotopic (exact) mass is 892 g/mol. The summed E-state index contributed by atoms with van der Waals surface area (Å²) in [4.78, 5) is 2.44. The number of rotatable bonds is 10. The summed E-state index contributed by atoms with van der Waals surface area (Å²) in [5.41, 5.74) is 16.9. The number of para-hydroxylation sites is 3. The molecular weight excluding hydrogens is 845 g/mol. The normalized spacial score (nSPS) is 11.5. The number of hydrogen-bond donors (Lipinski definition) is 0. The smallest absolute Gasteiger partial charge is 0.0541 e. The van der Waals surface area contributed by atoms with E-state index in [4.69, 9.17) is 0 Å². The highest BCUT2D eigenvalue weighted by molar-refractivity contribution is 6.25. The van der Waals surface area contributed by atoms with Crippen molar-refractivity contribution in [1.82, 2.24) is 4.57 Å². The topological polar surface area (TPSA) is 8.17 Å². The molecule has 13 aromatic rings. The van der Waals surface area contributed by atoms with E-state index in [-0.39, 0.29) is 0 Å². The molecule has 2 nitrogen and oxygen atoms in total. The molecule has 0 aliphatic carbocycles. The molecule has 2 heteroatoms. The molecule has 1 aromatic heterocycles. The average molecular weight is 893 g/mol. The lowest BCUT2D eigenvalue weighted by atomic mass is 9.84. The molecule has 0 aliphatic rings. The maximum atomic E-state index is 2.45. The van der Waals surface area contributed by atoms with Crippen molar-refractivity contribution in [2.24, 2.45) is 0 Å². The van der Waals surface area contributed by atoms with E-state index >= 15 is 0 Å². The summed E-state index contributed by atoms with van der Waals surface area (Å²) >= 11 is 0. The highest BCUT2D eigenvalue weighted by Gasteiger charge is 2.22. The van der Waals surface area contributed by atoms with Crippen molar-refractivity contribution in [2.45, 2.75) is 12.8 Å². The zero-order valence-electron chi connectivity index (χ0n) is 38.7. The minimum Gasteiger partial charge on any atom is -0.310 e. The van der Waals surface area contributed by atoms with E-state index < -0.39 is 0 Å². The van der Waals surface area contributed by atoms with Gasteiger partial charge in [0.25, 0.3) is 0 Å². The Hall–Kier alpha value is -8.98. The van der Waals surface area contributed by atoms with E-state index in [2.05, 4.69) is 276 Å². The summed E-state index contributed by atoms with van der Waals surface area (Å²) in [6.45, 7) is 0. The maximum absolute atomic E-state index is 2.45. The fourth-order valence-corrected chi connectivity index (χ4v) is 11.1. The van der Waals surface area contributed by atoms with Gasteiger partial charge in [0.15, 0.2) is 0 Å². The molecule has 0 saturated carbocycles. The molecule has 330 valence electrons. The van der Waals surface area contributed by atoms with Gasteiger partial charge in [-0.05, 0) is 150 Å². The standard InChI is InChI=1S/C68H48N2/c1-4-19-47(20-5-1)43-50-23-18-32-56(49-35-37-53(38-36-49)70-66-33-16-14-30-63(66)64-31-15-17-34-67(64)70)68(50)57-41-39-54(45-51(57)44-48-21-6-2-7-22-48)69(52-24-8-3-9-25-52)55-40-42-62-60-28-11-10-26-58(60)59-27-12-13-29-61(59)65(62)46-55/h1-42,45-46H,43-44H2. The predicted octanol–water partition coefficient (Wildman–Crippen LogP) is 18.2. The molecule has 13 rings (SSSR count). The van der Waals surface area contributed by atoms with Crippen LogP contribution in [0.15, 0.2) is 267 Å². The van der Waals surface area contributed by atoms with Crippen LogP contribution in [0.3, 0.4) is 0 Å². The predicted molar refractivity (Wildman–Crippen MR) is 297 cm³/mol. The molecular formula is C68H48N2. The summed E-state index contributed by atoms with van der Waals surface area (Å²) < 4.78 is 2.40. The molecule has 0 bridgehead atoms. The first-order chi connectivity index (χ1) is 34.7. The fraction of sp³-hybridized carbons (Fsp3) is 0.0294. The Morgan fingerprint density at radius 2 is 0.757 bits per heavy atom. The van der Waals surface area contributed by atoms with E-state index in [1.54, 1.807) is 0 Å². The first-order valence-electron chi connectivity index (χ1n) is 24.3. The molecule has 0 N–H and O–H groups in total. The molecule has 0 aliphatic heterocycles. The molecule has 0 saturated heterocycles. The van der Waals surface area contributed by atoms with E-state index in [0.29, 0.717) is 0 Å². The Labute approximate surface area is 408 Å². The average Bonchev–Trinajstić information content (AvgIpc) is 3.76. The molecule has 0 atom stereocenters. The number of nitrogens with zero attached hydrogens (tertiary/aromatic N) is 2. The SMILES string of the molecule is c1ccc(Cc2cc(N(c3ccccc3)c3ccc4c5ccccc5c5ccccc5c4c3)ccc2-c2c(Cc3ccccc3)cccc2-c2ccc(-n3c4ccccc4c4ccccc43)cc2)cc1. The quantitative estimate of drug-likeness (QED) is 0.124. The molecule has 0 unspecified atom stereocenters. The second kappa shape index (κ2) is 17.6. The van der Waals surface area contributed by atoms with Gasteiger partial charge in [0.1, 0.15) is 0 Å². The summed E-state index contributed by atoms with van der Waals surface area (Å²) in [6.07, 6.45) is 1.58. The highest BCUT2D eigenvalue weighted by Crippen LogP contribution is 2.45. The Morgan fingerprint density at radius 3 is 1.36 bits per heavy atom. The van der Waals surface area contributed by atoms with Crippen molar-refractivity contribution in [3.63, 3.8) is 0 Å². The van der Waals surface area contributed by atoms with Crippen LogP contribution in [0.4, 0.5) is 17.1 Å². The molecule has 0 radical (unpaired) electrons. The maximum Gasteiger partial charge on any atom is 0.0541 e. The molecule has 70 heavy (non-hydrogen) atoms. The Morgan fingerprint density at radius 1 is 0.286 bits per heavy atom. The Bertz CT molecular complexity index is 3950. The van der Waals surface area contributed by atoms with Gasteiger partial charge in [0.2, 0.25) is 0 Å². The summed E-state index contributed by atoms with van der Waals surface area (Å²) in [6, 6.07) is 98.2. The van der Waals surface area contributed by atoms with Crippen molar-refractivity contribution >= 4 is 71.2 Å². The molecule has 0 spiro atoms. The van der Waals surface area contributed by atoms with Gasteiger partial charge in [-0.3, -0.25) is 0 Å². The van der Waals surface area contributed by atoms with E-state index in [0.717, 1.165) is 35.6 Å². The molecule has 0 amide bonds. The van der Waals surface area contributed by atoms with Crippen molar-refractivity contribution < 1.29 is 0 Å². The number of hydrogen-bond acceptors (Lipinski definition) is 1. The zero-order valence-corrected chi connectivity index (χ0v) is 38.7. The largest absolute Gasteiger partial charge is 0.310 e. The number of aromatic nitrogens is 1. The summed E-state index contributed by atoms with van der Waals surface area (Å²) in [5.74, 6) is 0. The second-order valence-corrected chi connectivity index (χ2v) is 18.4. The van der Waals surface area contributed by atoms with Gasteiger partial charge < -0.3 is 9.47 Å². The first-order valence-corrected chi connectivity index (χ1v) is 24.3. The van der Waals surface area contributed by atoms with Gasteiger partial charge in [0, 0.05) is 33.5 Å².